The van der Waals surface area contributed by atoms with E-state index in [4.69, 9.17) is 5.11 Å². The van der Waals surface area contributed by atoms with Crippen molar-refractivity contribution in [2.24, 2.45) is 7.05 Å². The molecule has 286 valence electrons. The molecule has 1 aromatic heterocycles. The van der Waals surface area contributed by atoms with E-state index in [0.717, 1.165) is 36.2 Å². The lowest BCUT2D eigenvalue weighted by atomic mass is 9.87. The van der Waals surface area contributed by atoms with E-state index in [2.05, 4.69) is 20.1 Å². The molecule has 52 heavy (non-hydrogen) atoms. The smallest absolute Gasteiger partial charge is 0.481 e. The minimum Gasteiger partial charge on any atom is -0.481 e. The molecule has 0 saturated carbocycles. The van der Waals surface area contributed by atoms with Gasteiger partial charge in [0.15, 0.2) is 0 Å². The summed E-state index contributed by atoms with van der Waals surface area (Å²) in [5, 5.41) is 20.6. The highest BCUT2D eigenvalue weighted by Crippen LogP contribution is 2.46. The Morgan fingerprint density at radius 3 is 2.00 bits per heavy atom. The summed E-state index contributed by atoms with van der Waals surface area (Å²) in [6.07, 6.45) is -11.0. The second-order valence-electron chi connectivity index (χ2n) is 12.5. The molecule has 2 aromatic carbocycles. The maximum atomic E-state index is 13.8. The van der Waals surface area contributed by atoms with Gasteiger partial charge in [-0.25, -0.2) is 0 Å². The third kappa shape index (κ3) is 10.7. The molecule has 2 atom stereocenters. The number of amides is 1. The number of aliphatic carboxylic acids is 1. The zero-order chi connectivity index (χ0) is 38.4. The lowest BCUT2D eigenvalue weighted by Gasteiger charge is -2.44. The molecule has 0 aliphatic carbocycles. The highest BCUT2D eigenvalue weighted by molar-refractivity contribution is 5.95. The van der Waals surface area contributed by atoms with E-state index >= 15 is 0 Å². The van der Waals surface area contributed by atoms with Crippen molar-refractivity contribution in [3.63, 3.8) is 0 Å². The normalized spacial score (nSPS) is 16.5. The zero-order valence-electron chi connectivity index (χ0n) is 28.2. The highest BCUT2D eigenvalue weighted by atomic mass is 19.4. The number of alkyl halides is 9. The average Bonchev–Trinajstić information content (AvgIpc) is 3.48. The minimum absolute atomic E-state index is 0.0127. The van der Waals surface area contributed by atoms with Gasteiger partial charge >= 0.3 is 24.7 Å². The number of tetrazole rings is 1. The second-order valence-corrected chi connectivity index (χ2v) is 12.5. The zero-order valence-corrected chi connectivity index (χ0v) is 28.2. The average molecular weight is 753 g/mol. The predicted octanol–water partition coefficient (Wildman–Crippen LogP) is 8.61. The predicted molar refractivity (Wildman–Crippen MR) is 168 cm³/mol. The molecule has 1 aliphatic rings. The van der Waals surface area contributed by atoms with Gasteiger partial charge in [-0.1, -0.05) is 37.7 Å². The molecule has 0 saturated heterocycles. The quantitative estimate of drug-likeness (QED) is 0.121. The number of carboxylic acids is 1. The summed E-state index contributed by atoms with van der Waals surface area (Å²) in [7, 11) is 1.37. The Labute approximate surface area is 292 Å². The molecule has 19 heteroatoms. The molecule has 0 radical (unpaired) electrons. The molecule has 3 aromatic rings. The maximum Gasteiger partial charge on any atom is 0.573 e. The fourth-order valence-corrected chi connectivity index (χ4v) is 6.28. The highest BCUT2D eigenvalue weighted by Gasteiger charge is 2.41. The van der Waals surface area contributed by atoms with Crippen molar-refractivity contribution in [2.75, 3.05) is 9.80 Å². The number of hydrogen-bond acceptors (Lipinski definition) is 7. The van der Waals surface area contributed by atoms with Gasteiger partial charge in [0.25, 0.3) is 5.95 Å². The number of anilines is 2. The van der Waals surface area contributed by atoms with Crippen molar-refractivity contribution < 1.29 is 58.9 Å². The van der Waals surface area contributed by atoms with Crippen molar-refractivity contribution in [1.82, 2.24) is 20.2 Å². The van der Waals surface area contributed by atoms with Crippen LogP contribution in [0.4, 0.5) is 51.1 Å². The van der Waals surface area contributed by atoms with E-state index in [-0.39, 0.29) is 48.4 Å². The van der Waals surface area contributed by atoms with Crippen LogP contribution < -0.4 is 14.5 Å². The van der Waals surface area contributed by atoms with Crippen LogP contribution in [-0.2, 0) is 35.5 Å². The van der Waals surface area contributed by atoms with Crippen LogP contribution in [0.3, 0.4) is 0 Å². The number of hydrogen-bond donors (Lipinski definition) is 1. The van der Waals surface area contributed by atoms with Gasteiger partial charge in [-0.2, -0.15) is 31.1 Å². The number of carbonyl (C=O) groups is 2. The van der Waals surface area contributed by atoms with Crippen LogP contribution in [0.2, 0.25) is 0 Å². The second kappa shape index (κ2) is 16.4. The van der Waals surface area contributed by atoms with Gasteiger partial charge in [0.05, 0.1) is 24.2 Å². The van der Waals surface area contributed by atoms with E-state index in [1.165, 1.54) is 22.9 Å². The minimum atomic E-state index is -5.14. The Morgan fingerprint density at radius 1 is 0.885 bits per heavy atom. The summed E-state index contributed by atoms with van der Waals surface area (Å²) in [5.41, 5.74) is -3.29. The van der Waals surface area contributed by atoms with Gasteiger partial charge < -0.3 is 19.6 Å². The van der Waals surface area contributed by atoms with Crippen molar-refractivity contribution in [3.8, 4) is 5.75 Å². The topological polar surface area (TPSA) is 114 Å². The van der Waals surface area contributed by atoms with Crippen LogP contribution in [0.15, 0.2) is 36.4 Å². The van der Waals surface area contributed by atoms with Gasteiger partial charge in [-0.3, -0.25) is 9.59 Å². The summed E-state index contributed by atoms with van der Waals surface area (Å²) in [6.45, 7) is 1.11. The monoisotopic (exact) mass is 752 g/mol. The van der Waals surface area contributed by atoms with Crippen LogP contribution in [0.25, 0.3) is 0 Å². The molecule has 0 spiro atoms. The number of aryl methyl sites for hydroxylation is 1. The van der Waals surface area contributed by atoms with Gasteiger partial charge in [0.2, 0.25) is 5.91 Å². The molecule has 10 nitrogen and oxygen atoms in total. The van der Waals surface area contributed by atoms with Crippen molar-refractivity contribution >= 4 is 23.5 Å². The first-order valence-corrected chi connectivity index (χ1v) is 16.5. The molecule has 2 heterocycles. The Morgan fingerprint density at radius 2 is 1.48 bits per heavy atom. The van der Waals surface area contributed by atoms with Crippen LogP contribution >= 0.6 is 0 Å². The summed E-state index contributed by atoms with van der Waals surface area (Å²) >= 11 is 0. The molecule has 4 rings (SSSR count). The molecule has 2 unspecified atom stereocenters. The Kier molecular flexibility index (Phi) is 12.7. The number of carbonyl (C=O) groups excluding carboxylic acids is 1. The third-order valence-electron chi connectivity index (χ3n) is 8.61. The number of halogens is 9. The van der Waals surface area contributed by atoms with Crippen molar-refractivity contribution in [1.29, 1.82) is 0 Å². The molecular weight excluding hydrogens is 715 g/mol. The third-order valence-corrected chi connectivity index (χ3v) is 8.61. The lowest BCUT2D eigenvalue weighted by molar-refractivity contribution is -0.274. The number of unbranched alkanes of at least 4 members (excludes halogenated alkanes) is 5. The number of nitrogens with zero attached hydrogens (tertiary/aromatic N) is 6. The first kappa shape index (κ1) is 40.2. The van der Waals surface area contributed by atoms with Crippen molar-refractivity contribution in [2.45, 2.75) is 108 Å². The molecule has 0 fully saturated rings. The SMILES string of the molecule is CCC1CC(N(Cc2cc(C(F)(F)F)cc(C(F)(F)F)c2)c2nnn(C)n2)c2cc(OC(F)(F)F)ccc2N1C(=O)CCCCCCCCC(=O)O. The number of aromatic nitrogens is 4. The molecule has 1 aliphatic heterocycles. The lowest BCUT2D eigenvalue weighted by Crippen LogP contribution is -2.47. The van der Waals surface area contributed by atoms with Gasteiger partial charge in [-0.15, -0.1) is 18.3 Å². The van der Waals surface area contributed by atoms with E-state index in [0.29, 0.717) is 37.8 Å². The Bertz CT molecular complexity index is 1660. The van der Waals surface area contributed by atoms with Crippen LogP contribution in [-0.4, -0.2) is 49.6 Å². The Balaban J connectivity index is 1.73. The number of fused-ring (bicyclic) bond motifs is 1. The fourth-order valence-electron chi connectivity index (χ4n) is 6.28. The molecule has 1 amide bonds. The maximum absolute atomic E-state index is 13.8. The first-order valence-electron chi connectivity index (χ1n) is 16.5. The number of ether oxygens (including phenoxy) is 1. The number of rotatable bonds is 15. The standard InChI is InChI=1S/C33H37F9N6O4/c1-3-23-17-27(47(30-43-45-46(2)44-30)19-20-14-21(31(34,35)36)16-22(15-20)32(37,38)39)25-18-24(52-33(40,41)42)12-13-26(25)48(23)28(49)10-8-6-4-5-7-9-11-29(50)51/h12-16,18,23,27H,3-11,17,19H2,1-2H3,(H,50,51). The summed E-state index contributed by atoms with van der Waals surface area (Å²) < 4.78 is 127. The first-order chi connectivity index (χ1) is 24.3. The largest absolute Gasteiger partial charge is 0.573 e. The van der Waals surface area contributed by atoms with E-state index in [1.54, 1.807) is 6.92 Å². The number of carboxylic acid groups (broad SMARTS) is 1. The van der Waals surface area contributed by atoms with Crippen molar-refractivity contribution in [3.05, 3.63) is 58.7 Å². The van der Waals surface area contributed by atoms with E-state index in [9.17, 15) is 49.1 Å². The van der Waals surface area contributed by atoms with E-state index in [1.807, 2.05) is 0 Å². The summed E-state index contributed by atoms with van der Waals surface area (Å²) in [4.78, 5) is 28.2. The summed E-state index contributed by atoms with van der Waals surface area (Å²) in [5.74, 6) is -2.10. The van der Waals surface area contributed by atoms with Gasteiger partial charge in [0.1, 0.15) is 5.75 Å². The van der Waals surface area contributed by atoms with E-state index < -0.39 is 65.8 Å². The van der Waals surface area contributed by atoms with Crippen LogP contribution in [0.5, 0.6) is 5.75 Å². The molecular formula is C33H37F9N6O4. The number of benzene rings is 2. The fraction of sp³-hybridized carbons (Fsp3) is 0.545. The molecule has 1 N–H and O–H groups in total. The van der Waals surface area contributed by atoms with Gasteiger partial charge in [-0.05, 0) is 72.9 Å². The van der Waals surface area contributed by atoms with Crippen LogP contribution in [0, 0.1) is 0 Å². The van der Waals surface area contributed by atoms with Crippen LogP contribution in [0.1, 0.15) is 99.4 Å². The van der Waals surface area contributed by atoms with Gasteiger partial charge in [0, 0.05) is 36.7 Å². The Hall–Kier alpha value is -4.58. The molecule has 0 bridgehead atoms. The summed E-state index contributed by atoms with van der Waals surface area (Å²) in [6, 6.07) is 2.73.